The average Bonchev–Trinajstić information content (AvgIpc) is 3.26. The Bertz CT molecular complexity index is 532. The van der Waals surface area contributed by atoms with Crippen LogP contribution in [-0.4, -0.2) is 56.3 Å². The van der Waals surface area contributed by atoms with E-state index in [-0.39, 0.29) is 12.1 Å². The topological polar surface area (TPSA) is 80.2 Å². The third-order valence-electron chi connectivity index (χ3n) is 6.15. The van der Waals surface area contributed by atoms with Crippen LogP contribution < -0.4 is 5.73 Å². The van der Waals surface area contributed by atoms with E-state index in [0.29, 0.717) is 12.1 Å². The summed E-state index contributed by atoms with van der Waals surface area (Å²) in [6, 6.07) is 0.678. The molecule has 3 aliphatic rings. The Labute approximate surface area is 131 Å². The molecule has 1 aromatic heterocycles. The van der Waals surface area contributed by atoms with Crippen LogP contribution in [-0.2, 0) is 6.42 Å². The molecule has 3 fully saturated rings. The van der Waals surface area contributed by atoms with E-state index >= 15 is 0 Å². The highest BCUT2D eigenvalue weighted by atomic mass is 16.3. The summed E-state index contributed by atoms with van der Waals surface area (Å²) in [6.45, 7) is 2.33. The van der Waals surface area contributed by atoms with Gasteiger partial charge in [0.25, 0.3) is 0 Å². The van der Waals surface area contributed by atoms with Crippen LogP contribution >= 0.6 is 0 Å². The minimum Gasteiger partial charge on any atom is -0.395 e. The van der Waals surface area contributed by atoms with Crippen molar-refractivity contribution in [3.8, 4) is 0 Å². The molecule has 22 heavy (non-hydrogen) atoms. The Morgan fingerprint density at radius 1 is 1.41 bits per heavy atom. The van der Waals surface area contributed by atoms with E-state index in [1.54, 1.807) is 0 Å². The predicted molar refractivity (Wildman–Crippen MR) is 83.3 cm³/mol. The number of likely N-dealkylation sites (tertiary alicyclic amines) is 1. The Morgan fingerprint density at radius 3 is 3.05 bits per heavy atom. The molecule has 2 bridgehead atoms. The Balaban J connectivity index is 1.38. The van der Waals surface area contributed by atoms with Crippen molar-refractivity contribution in [2.24, 2.45) is 11.7 Å². The summed E-state index contributed by atoms with van der Waals surface area (Å²) in [5, 5.41) is 18.1. The summed E-state index contributed by atoms with van der Waals surface area (Å²) in [6.07, 6.45) is 10.0. The maximum atomic E-state index is 9.38. The molecule has 6 heteroatoms. The van der Waals surface area contributed by atoms with Gasteiger partial charge in [0.05, 0.1) is 18.3 Å². The van der Waals surface area contributed by atoms with Crippen molar-refractivity contribution < 1.29 is 5.11 Å². The molecule has 0 aromatic carbocycles. The Hall–Kier alpha value is -0.980. The molecule has 2 aliphatic carbocycles. The fourth-order valence-corrected chi connectivity index (χ4v) is 4.87. The molecule has 0 spiro atoms. The molecule has 2 saturated carbocycles. The van der Waals surface area contributed by atoms with Crippen molar-refractivity contribution in [2.75, 3.05) is 19.7 Å². The monoisotopic (exact) mass is 305 g/mol. The third-order valence-corrected chi connectivity index (χ3v) is 6.15. The second-order valence-corrected chi connectivity index (χ2v) is 7.55. The first kappa shape index (κ1) is 14.6. The standard InChI is InChI=1S/C16H27N5O/c17-16-5-3-12(9-16)8-15(16)21-10-13(18-19-21)4-7-20-6-1-2-14(20)11-22/h10,12,14-15,22H,1-9,11,17H2/t12-,14?,15-,16+/m1/s1. The molecule has 4 atom stereocenters. The van der Waals surface area contributed by atoms with Crippen molar-refractivity contribution in [1.29, 1.82) is 0 Å². The number of fused-ring (bicyclic) bond motifs is 2. The van der Waals surface area contributed by atoms with Crippen LogP contribution in [0.4, 0.5) is 0 Å². The summed E-state index contributed by atoms with van der Waals surface area (Å²) in [5.74, 6) is 0.789. The zero-order chi connectivity index (χ0) is 15.2. The van der Waals surface area contributed by atoms with E-state index in [2.05, 4.69) is 21.4 Å². The minimum absolute atomic E-state index is 0.0490. The smallest absolute Gasteiger partial charge is 0.0840 e. The first-order chi connectivity index (χ1) is 10.7. The zero-order valence-electron chi connectivity index (χ0n) is 13.2. The van der Waals surface area contributed by atoms with Crippen LogP contribution in [0.3, 0.4) is 0 Å². The van der Waals surface area contributed by atoms with Crippen LogP contribution in [0.25, 0.3) is 0 Å². The normalized spacial score (nSPS) is 38.2. The van der Waals surface area contributed by atoms with Gasteiger partial charge in [-0.1, -0.05) is 5.21 Å². The minimum atomic E-state index is -0.0490. The Kier molecular flexibility index (Phi) is 3.71. The number of aliphatic hydroxyl groups is 1. The highest BCUT2D eigenvalue weighted by molar-refractivity contribution is 5.09. The molecule has 1 saturated heterocycles. The maximum Gasteiger partial charge on any atom is 0.0840 e. The highest BCUT2D eigenvalue weighted by Gasteiger charge is 2.50. The fourth-order valence-electron chi connectivity index (χ4n) is 4.87. The van der Waals surface area contributed by atoms with E-state index < -0.39 is 0 Å². The molecular formula is C16H27N5O. The number of hydrogen-bond donors (Lipinski definition) is 2. The average molecular weight is 305 g/mol. The van der Waals surface area contributed by atoms with Crippen molar-refractivity contribution in [3.05, 3.63) is 11.9 Å². The molecule has 1 unspecified atom stereocenters. The van der Waals surface area contributed by atoms with Gasteiger partial charge in [0, 0.05) is 30.7 Å². The lowest BCUT2D eigenvalue weighted by Gasteiger charge is -2.30. The van der Waals surface area contributed by atoms with E-state index in [9.17, 15) is 5.11 Å². The number of aliphatic hydroxyl groups excluding tert-OH is 1. The van der Waals surface area contributed by atoms with Gasteiger partial charge in [-0.25, -0.2) is 4.68 Å². The predicted octanol–water partition coefficient (Wildman–Crippen LogP) is 0.720. The van der Waals surface area contributed by atoms with Gasteiger partial charge in [-0.2, -0.15) is 0 Å². The number of hydrogen-bond acceptors (Lipinski definition) is 5. The highest BCUT2D eigenvalue weighted by Crippen LogP contribution is 2.51. The number of nitrogens with zero attached hydrogens (tertiary/aromatic N) is 4. The van der Waals surface area contributed by atoms with E-state index in [1.807, 2.05) is 4.68 Å². The number of rotatable bonds is 5. The van der Waals surface area contributed by atoms with Crippen molar-refractivity contribution in [3.63, 3.8) is 0 Å². The van der Waals surface area contributed by atoms with Gasteiger partial charge in [-0.3, -0.25) is 4.90 Å². The van der Waals surface area contributed by atoms with Crippen molar-refractivity contribution >= 4 is 0 Å². The van der Waals surface area contributed by atoms with Crippen LogP contribution in [0, 0.1) is 5.92 Å². The quantitative estimate of drug-likeness (QED) is 0.838. The van der Waals surface area contributed by atoms with E-state index in [0.717, 1.165) is 56.8 Å². The second-order valence-electron chi connectivity index (χ2n) is 7.55. The molecule has 0 radical (unpaired) electrons. The lowest BCUT2D eigenvalue weighted by atomic mass is 9.89. The van der Waals surface area contributed by atoms with E-state index in [1.165, 1.54) is 12.8 Å². The largest absolute Gasteiger partial charge is 0.395 e. The molecule has 3 N–H and O–H groups in total. The Morgan fingerprint density at radius 2 is 2.32 bits per heavy atom. The van der Waals surface area contributed by atoms with Crippen molar-refractivity contribution in [1.82, 2.24) is 19.9 Å². The van der Waals surface area contributed by atoms with Gasteiger partial charge in [0.1, 0.15) is 0 Å². The van der Waals surface area contributed by atoms with Gasteiger partial charge in [0.2, 0.25) is 0 Å². The molecule has 4 rings (SSSR count). The summed E-state index contributed by atoms with van der Waals surface area (Å²) in [5.41, 5.74) is 7.57. The van der Waals surface area contributed by atoms with Crippen LogP contribution in [0.15, 0.2) is 6.20 Å². The summed E-state index contributed by atoms with van der Waals surface area (Å²) in [4.78, 5) is 2.38. The molecular weight excluding hydrogens is 278 g/mol. The first-order valence-electron chi connectivity index (χ1n) is 8.72. The van der Waals surface area contributed by atoms with Gasteiger partial charge in [-0.15, -0.1) is 5.10 Å². The zero-order valence-corrected chi connectivity index (χ0v) is 13.2. The third kappa shape index (κ3) is 2.47. The van der Waals surface area contributed by atoms with Gasteiger partial charge >= 0.3 is 0 Å². The molecule has 0 amide bonds. The molecule has 6 nitrogen and oxygen atoms in total. The molecule has 2 heterocycles. The fraction of sp³-hybridized carbons (Fsp3) is 0.875. The molecule has 1 aromatic rings. The first-order valence-corrected chi connectivity index (χ1v) is 8.72. The van der Waals surface area contributed by atoms with E-state index in [4.69, 9.17) is 5.73 Å². The molecule has 1 aliphatic heterocycles. The van der Waals surface area contributed by atoms with Crippen LogP contribution in [0.2, 0.25) is 0 Å². The van der Waals surface area contributed by atoms with Gasteiger partial charge < -0.3 is 10.8 Å². The van der Waals surface area contributed by atoms with Crippen LogP contribution in [0.5, 0.6) is 0 Å². The summed E-state index contributed by atoms with van der Waals surface area (Å²) < 4.78 is 2.03. The summed E-state index contributed by atoms with van der Waals surface area (Å²) >= 11 is 0. The lowest BCUT2D eigenvalue weighted by Crippen LogP contribution is -2.43. The maximum absolute atomic E-state index is 9.38. The van der Waals surface area contributed by atoms with Gasteiger partial charge in [0.15, 0.2) is 0 Å². The SMILES string of the molecule is N[C@]12CC[C@H](C[C@H]1n1cc(CCN3CCCC3CO)nn1)C2. The lowest BCUT2D eigenvalue weighted by molar-refractivity contribution is 0.160. The van der Waals surface area contributed by atoms with Crippen LogP contribution in [0.1, 0.15) is 50.3 Å². The molecule has 122 valence electrons. The summed E-state index contributed by atoms with van der Waals surface area (Å²) in [7, 11) is 0. The van der Waals surface area contributed by atoms with Crippen molar-refractivity contribution in [2.45, 2.75) is 62.6 Å². The number of aromatic nitrogens is 3. The van der Waals surface area contributed by atoms with Gasteiger partial charge in [-0.05, 0) is 51.0 Å². The second kappa shape index (κ2) is 5.58. The number of nitrogens with two attached hydrogens (primary N) is 1.